The van der Waals surface area contributed by atoms with Crippen LogP contribution < -0.4 is 9.62 Å². The van der Waals surface area contributed by atoms with Gasteiger partial charge in [0.15, 0.2) is 0 Å². The predicted octanol–water partition coefficient (Wildman–Crippen LogP) is 2.54. The van der Waals surface area contributed by atoms with Crippen LogP contribution in [0.5, 0.6) is 0 Å². The first-order chi connectivity index (χ1) is 12.8. The van der Waals surface area contributed by atoms with Gasteiger partial charge in [-0.1, -0.05) is 6.07 Å². The second kappa shape index (κ2) is 8.41. The number of sulfonamides is 1. The molecule has 6 nitrogen and oxygen atoms in total. The number of amides is 1. The lowest BCUT2D eigenvalue weighted by molar-refractivity contribution is 0.0901. The van der Waals surface area contributed by atoms with Crippen molar-refractivity contribution in [3.05, 3.63) is 52.2 Å². The highest BCUT2D eigenvalue weighted by atomic mass is 32.2. The maximum Gasteiger partial charge on any atom is 0.251 e. The number of nitrogens with one attached hydrogen (secondary N) is 1. The summed E-state index contributed by atoms with van der Waals surface area (Å²) < 4.78 is 24.4. The molecular weight excluding hydrogens is 382 g/mol. The fourth-order valence-electron chi connectivity index (χ4n) is 3.22. The largest absolute Gasteiger partial charge is 0.348 e. The lowest BCUT2D eigenvalue weighted by Crippen LogP contribution is -2.47. The first kappa shape index (κ1) is 19.9. The average Bonchev–Trinajstić information content (AvgIpc) is 3.13. The van der Waals surface area contributed by atoms with Gasteiger partial charge in [-0.15, -0.1) is 11.3 Å². The van der Waals surface area contributed by atoms with Crippen molar-refractivity contribution in [1.29, 1.82) is 0 Å². The Bertz CT molecular complexity index is 864. The topological polar surface area (TPSA) is 69.7 Å². The quantitative estimate of drug-likeness (QED) is 0.799. The maximum absolute atomic E-state index is 12.6. The van der Waals surface area contributed by atoms with Crippen LogP contribution in [0.2, 0.25) is 0 Å². The predicted molar refractivity (Wildman–Crippen MR) is 110 cm³/mol. The number of rotatable bonds is 6. The van der Waals surface area contributed by atoms with Gasteiger partial charge in [0.05, 0.1) is 11.9 Å². The number of hydrogen-bond acceptors (Lipinski definition) is 5. The molecule has 1 atom stereocenters. The van der Waals surface area contributed by atoms with Gasteiger partial charge in [0.1, 0.15) is 0 Å². The molecule has 0 aliphatic carbocycles. The number of benzene rings is 1. The Morgan fingerprint density at radius 3 is 2.67 bits per heavy atom. The second-order valence-electron chi connectivity index (χ2n) is 6.90. The third-order valence-corrected chi connectivity index (χ3v) is 6.86. The van der Waals surface area contributed by atoms with E-state index in [2.05, 4.69) is 27.7 Å². The molecule has 27 heavy (non-hydrogen) atoms. The number of carbonyl (C=O) groups is 1. The Balaban J connectivity index is 1.58. The molecular formula is C19H25N3O3S2. The molecule has 1 fully saturated rings. The second-order valence-corrected chi connectivity index (χ2v) is 9.95. The molecule has 2 heterocycles. The van der Waals surface area contributed by atoms with Crippen LogP contribution in [0.3, 0.4) is 0 Å². The summed E-state index contributed by atoms with van der Waals surface area (Å²) in [6, 6.07) is 11.0. The van der Waals surface area contributed by atoms with Gasteiger partial charge in [-0.3, -0.25) is 14.0 Å². The Hall–Kier alpha value is -1.90. The van der Waals surface area contributed by atoms with E-state index in [4.69, 9.17) is 0 Å². The molecule has 0 bridgehead atoms. The molecule has 3 rings (SSSR count). The molecule has 1 aliphatic heterocycles. The van der Waals surface area contributed by atoms with Gasteiger partial charge in [0.2, 0.25) is 10.0 Å². The molecule has 1 aromatic heterocycles. The SMILES string of the molecule is CN(c1ccc(C(=O)NC2CCCN(Cc3cccs3)C2)cc1)S(C)(=O)=O. The lowest BCUT2D eigenvalue weighted by Gasteiger charge is -2.32. The molecule has 0 radical (unpaired) electrons. The number of thiophene rings is 1. The van der Waals surface area contributed by atoms with Crippen LogP contribution in [0, 0.1) is 0 Å². The van der Waals surface area contributed by atoms with Gasteiger partial charge in [-0.25, -0.2) is 8.42 Å². The number of likely N-dealkylation sites (tertiary alicyclic amines) is 1. The number of piperidine rings is 1. The number of carbonyl (C=O) groups excluding carboxylic acids is 1. The summed E-state index contributed by atoms with van der Waals surface area (Å²) in [6.07, 6.45) is 3.19. The molecule has 2 aromatic rings. The van der Waals surface area contributed by atoms with Crippen molar-refractivity contribution in [2.45, 2.75) is 25.4 Å². The molecule has 1 N–H and O–H groups in total. The zero-order valence-electron chi connectivity index (χ0n) is 15.6. The van der Waals surface area contributed by atoms with Crippen LogP contribution in [0.25, 0.3) is 0 Å². The van der Waals surface area contributed by atoms with E-state index in [1.165, 1.54) is 16.2 Å². The van der Waals surface area contributed by atoms with Crippen LogP contribution in [-0.4, -0.2) is 51.7 Å². The van der Waals surface area contributed by atoms with E-state index in [0.29, 0.717) is 11.3 Å². The third-order valence-electron chi connectivity index (χ3n) is 4.79. The first-order valence-electron chi connectivity index (χ1n) is 8.92. The zero-order valence-corrected chi connectivity index (χ0v) is 17.2. The fraction of sp³-hybridized carbons (Fsp3) is 0.421. The zero-order chi connectivity index (χ0) is 19.4. The van der Waals surface area contributed by atoms with E-state index >= 15 is 0 Å². The van der Waals surface area contributed by atoms with E-state index in [-0.39, 0.29) is 11.9 Å². The highest BCUT2D eigenvalue weighted by Crippen LogP contribution is 2.19. The van der Waals surface area contributed by atoms with Crippen molar-refractivity contribution in [1.82, 2.24) is 10.2 Å². The summed E-state index contributed by atoms with van der Waals surface area (Å²) in [5.41, 5.74) is 1.07. The van der Waals surface area contributed by atoms with Gasteiger partial charge in [-0.2, -0.15) is 0 Å². The molecule has 0 saturated carbocycles. The van der Waals surface area contributed by atoms with Crippen molar-refractivity contribution in [3.8, 4) is 0 Å². The van der Waals surface area contributed by atoms with Crippen molar-refractivity contribution >= 4 is 33.0 Å². The molecule has 0 spiro atoms. The van der Waals surface area contributed by atoms with Crippen LogP contribution in [0.15, 0.2) is 41.8 Å². The van der Waals surface area contributed by atoms with E-state index in [1.807, 2.05) is 0 Å². The third kappa shape index (κ3) is 5.31. The van der Waals surface area contributed by atoms with Gasteiger partial charge in [0.25, 0.3) is 5.91 Å². The van der Waals surface area contributed by atoms with Gasteiger partial charge < -0.3 is 5.32 Å². The minimum absolute atomic E-state index is 0.119. The van der Waals surface area contributed by atoms with Crippen LogP contribution in [-0.2, 0) is 16.6 Å². The highest BCUT2D eigenvalue weighted by Gasteiger charge is 2.22. The number of anilines is 1. The van der Waals surface area contributed by atoms with Crippen molar-refractivity contribution in [2.24, 2.45) is 0 Å². The Kier molecular flexibility index (Phi) is 6.18. The maximum atomic E-state index is 12.6. The summed E-state index contributed by atoms with van der Waals surface area (Å²) in [5.74, 6) is -0.119. The summed E-state index contributed by atoms with van der Waals surface area (Å²) >= 11 is 1.76. The first-order valence-corrected chi connectivity index (χ1v) is 11.7. The van der Waals surface area contributed by atoms with Crippen LogP contribution in [0.4, 0.5) is 5.69 Å². The molecule has 8 heteroatoms. The highest BCUT2D eigenvalue weighted by molar-refractivity contribution is 7.92. The molecule has 1 unspecified atom stereocenters. The summed E-state index contributed by atoms with van der Waals surface area (Å²) in [4.78, 5) is 16.3. The van der Waals surface area contributed by atoms with Crippen LogP contribution >= 0.6 is 11.3 Å². The minimum Gasteiger partial charge on any atom is -0.348 e. The standard InChI is InChI=1S/C19H25N3O3S2/c1-21(27(2,24)25)17-9-7-15(8-10-17)19(23)20-16-5-3-11-22(13-16)14-18-6-4-12-26-18/h4,6-10,12,16H,3,5,11,13-14H2,1-2H3,(H,20,23). The average molecular weight is 408 g/mol. The molecule has 146 valence electrons. The molecule has 1 aliphatic rings. The van der Waals surface area contributed by atoms with E-state index in [1.54, 1.807) is 35.6 Å². The van der Waals surface area contributed by atoms with Crippen LogP contribution in [0.1, 0.15) is 28.1 Å². The smallest absolute Gasteiger partial charge is 0.251 e. The fourth-order valence-corrected chi connectivity index (χ4v) is 4.47. The summed E-state index contributed by atoms with van der Waals surface area (Å²) in [7, 11) is -1.82. The monoisotopic (exact) mass is 407 g/mol. The van der Waals surface area contributed by atoms with Crippen molar-refractivity contribution < 1.29 is 13.2 Å². The molecule has 1 aromatic carbocycles. The van der Waals surface area contributed by atoms with Crippen molar-refractivity contribution in [3.63, 3.8) is 0 Å². The minimum atomic E-state index is -3.31. The Morgan fingerprint density at radius 2 is 2.04 bits per heavy atom. The van der Waals surface area contributed by atoms with Crippen molar-refractivity contribution in [2.75, 3.05) is 30.7 Å². The van der Waals surface area contributed by atoms with Gasteiger partial charge in [-0.05, 0) is 55.1 Å². The van der Waals surface area contributed by atoms with E-state index < -0.39 is 10.0 Å². The van der Waals surface area contributed by atoms with Gasteiger partial charge >= 0.3 is 0 Å². The van der Waals surface area contributed by atoms with Gasteiger partial charge in [0, 0.05) is 36.6 Å². The van der Waals surface area contributed by atoms with E-state index in [9.17, 15) is 13.2 Å². The number of nitrogens with zero attached hydrogens (tertiary/aromatic N) is 2. The Morgan fingerprint density at radius 1 is 1.30 bits per heavy atom. The Labute approximate surface area is 164 Å². The number of hydrogen-bond donors (Lipinski definition) is 1. The van der Waals surface area contributed by atoms with E-state index in [0.717, 1.165) is 38.7 Å². The lowest BCUT2D eigenvalue weighted by atomic mass is 10.0. The molecule has 1 amide bonds. The summed E-state index contributed by atoms with van der Waals surface area (Å²) in [5, 5.41) is 5.20. The normalized spacial score (nSPS) is 18.2. The molecule has 1 saturated heterocycles. The summed E-state index contributed by atoms with van der Waals surface area (Å²) in [6.45, 7) is 2.83.